The number of aliphatic hydroxyl groups excluding tert-OH is 1. The highest BCUT2D eigenvalue weighted by molar-refractivity contribution is 5.46. The molecule has 18 heavy (non-hydrogen) atoms. The highest BCUT2D eigenvalue weighted by Crippen LogP contribution is 2.34. The molecule has 0 bridgehead atoms. The van der Waals surface area contributed by atoms with E-state index in [2.05, 4.69) is 0 Å². The summed E-state index contributed by atoms with van der Waals surface area (Å²) in [6, 6.07) is 4.58. The third kappa shape index (κ3) is 3.60. The van der Waals surface area contributed by atoms with E-state index in [4.69, 9.17) is 10.5 Å². The lowest BCUT2D eigenvalue weighted by atomic mass is 9.99. The number of ether oxygens (including phenoxy) is 1. The van der Waals surface area contributed by atoms with Crippen molar-refractivity contribution >= 4 is 0 Å². The first kappa shape index (κ1) is 14.8. The van der Waals surface area contributed by atoms with E-state index in [0.29, 0.717) is 17.7 Å². The largest absolute Gasteiger partial charge is 0.504 e. The van der Waals surface area contributed by atoms with E-state index in [1.807, 2.05) is 19.0 Å². The van der Waals surface area contributed by atoms with Crippen LogP contribution in [0.5, 0.6) is 11.5 Å². The van der Waals surface area contributed by atoms with E-state index in [-0.39, 0.29) is 5.75 Å². The predicted octanol–water partition coefficient (Wildman–Crippen LogP) is 0.713. The molecule has 102 valence electrons. The molecule has 0 radical (unpaired) electrons. The highest BCUT2D eigenvalue weighted by atomic mass is 16.5. The maximum absolute atomic E-state index is 10.1. The minimum Gasteiger partial charge on any atom is -0.504 e. The Bertz CT molecular complexity index is 382. The molecule has 2 unspecified atom stereocenters. The summed E-state index contributed by atoms with van der Waals surface area (Å²) in [7, 11) is 5.36. The normalized spacial score (nSPS) is 14.6. The average Bonchev–Trinajstić information content (AvgIpc) is 2.35. The minimum atomic E-state index is -0.903. The Balaban J connectivity index is 2.80. The lowest BCUT2D eigenvalue weighted by Gasteiger charge is -2.22. The third-order valence-corrected chi connectivity index (χ3v) is 2.88. The molecular formula is C13H22N2O3. The lowest BCUT2D eigenvalue weighted by molar-refractivity contribution is 0.134. The summed E-state index contributed by atoms with van der Waals surface area (Å²) in [5, 5.41) is 20.1. The van der Waals surface area contributed by atoms with Crippen LogP contribution in [-0.4, -0.2) is 48.9 Å². The van der Waals surface area contributed by atoms with Crippen molar-refractivity contribution in [3.63, 3.8) is 0 Å². The lowest BCUT2D eigenvalue weighted by Crippen LogP contribution is -2.32. The summed E-state index contributed by atoms with van der Waals surface area (Å²) >= 11 is 0. The van der Waals surface area contributed by atoms with Crippen molar-refractivity contribution in [1.82, 2.24) is 4.90 Å². The van der Waals surface area contributed by atoms with Crippen molar-refractivity contribution in [1.29, 1.82) is 0 Å². The molecule has 0 aliphatic heterocycles. The van der Waals surface area contributed by atoms with Crippen molar-refractivity contribution in [3.8, 4) is 11.5 Å². The fourth-order valence-electron chi connectivity index (χ4n) is 1.74. The molecule has 1 aromatic rings. The number of benzene rings is 1. The van der Waals surface area contributed by atoms with Gasteiger partial charge in [0.15, 0.2) is 11.5 Å². The molecule has 0 fully saturated rings. The number of nitrogens with zero attached hydrogens (tertiary/aromatic N) is 1. The Morgan fingerprint density at radius 1 is 1.39 bits per heavy atom. The van der Waals surface area contributed by atoms with Gasteiger partial charge in [-0.15, -0.1) is 0 Å². The van der Waals surface area contributed by atoms with E-state index in [0.717, 1.165) is 6.54 Å². The van der Waals surface area contributed by atoms with Gasteiger partial charge in [-0.25, -0.2) is 0 Å². The summed E-state index contributed by atoms with van der Waals surface area (Å²) in [4.78, 5) is 2.00. The molecule has 4 N–H and O–H groups in total. The zero-order valence-corrected chi connectivity index (χ0v) is 11.1. The van der Waals surface area contributed by atoms with Gasteiger partial charge >= 0.3 is 0 Å². The number of rotatable bonds is 6. The first-order valence-corrected chi connectivity index (χ1v) is 5.91. The molecular weight excluding hydrogens is 232 g/mol. The summed E-state index contributed by atoms with van der Waals surface area (Å²) in [6.45, 7) is 0.781. The second kappa shape index (κ2) is 6.58. The predicted molar refractivity (Wildman–Crippen MR) is 70.8 cm³/mol. The maximum atomic E-state index is 10.1. The van der Waals surface area contributed by atoms with Crippen LogP contribution < -0.4 is 10.5 Å². The smallest absolute Gasteiger partial charge is 0.163 e. The quantitative estimate of drug-likeness (QED) is 0.697. The number of para-hydroxylation sites is 1. The molecule has 0 aliphatic rings. The van der Waals surface area contributed by atoms with E-state index < -0.39 is 12.1 Å². The molecule has 5 heteroatoms. The monoisotopic (exact) mass is 254 g/mol. The maximum Gasteiger partial charge on any atom is 0.163 e. The number of phenolic OH excluding ortho intramolecular Hbond substituents is 1. The van der Waals surface area contributed by atoms with Gasteiger partial charge in [0.1, 0.15) is 0 Å². The molecule has 5 nitrogen and oxygen atoms in total. The van der Waals surface area contributed by atoms with Crippen molar-refractivity contribution in [2.45, 2.75) is 18.6 Å². The van der Waals surface area contributed by atoms with Gasteiger partial charge in [0.05, 0.1) is 13.2 Å². The molecule has 2 atom stereocenters. The van der Waals surface area contributed by atoms with Gasteiger partial charge in [0.2, 0.25) is 0 Å². The summed E-state index contributed by atoms with van der Waals surface area (Å²) in [5.41, 5.74) is 6.33. The molecule has 0 saturated carbocycles. The van der Waals surface area contributed by atoms with Crippen LogP contribution in [0, 0.1) is 0 Å². The van der Waals surface area contributed by atoms with E-state index >= 15 is 0 Å². The zero-order chi connectivity index (χ0) is 13.7. The van der Waals surface area contributed by atoms with Gasteiger partial charge in [-0.05, 0) is 33.1 Å². The van der Waals surface area contributed by atoms with Crippen molar-refractivity contribution in [2.24, 2.45) is 5.73 Å². The molecule has 0 aliphatic carbocycles. The molecule has 1 aromatic carbocycles. The van der Waals surface area contributed by atoms with Crippen LogP contribution in [0.15, 0.2) is 18.2 Å². The second-order valence-corrected chi connectivity index (χ2v) is 4.60. The second-order valence-electron chi connectivity index (χ2n) is 4.60. The molecule has 0 saturated heterocycles. The molecule has 0 aromatic heterocycles. The molecule has 0 amide bonds. The van der Waals surface area contributed by atoms with Crippen LogP contribution >= 0.6 is 0 Å². The fraction of sp³-hybridized carbons (Fsp3) is 0.538. The standard InChI is InChI=1S/C13H22N2O3/c1-15(2)8-7-10(14)12(16)9-5-4-6-11(18-3)13(9)17/h4-6,10,12,16-17H,7-8,14H2,1-3H3. The van der Waals surface area contributed by atoms with Gasteiger partial charge in [-0.1, -0.05) is 12.1 Å². The zero-order valence-electron chi connectivity index (χ0n) is 11.1. The van der Waals surface area contributed by atoms with E-state index in [1.165, 1.54) is 7.11 Å². The van der Waals surface area contributed by atoms with Crippen LogP contribution in [-0.2, 0) is 0 Å². The summed E-state index contributed by atoms with van der Waals surface area (Å²) in [6.07, 6.45) is -0.259. The fourth-order valence-corrected chi connectivity index (χ4v) is 1.74. The number of nitrogens with two attached hydrogens (primary N) is 1. The highest BCUT2D eigenvalue weighted by Gasteiger charge is 2.21. The average molecular weight is 254 g/mol. The SMILES string of the molecule is COc1cccc(C(O)C(N)CCN(C)C)c1O. The van der Waals surface area contributed by atoms with Crippen LogP contribution in [0.25, 0.3) is 0 Å². The number of aromatic hydroxyl groups is 1. The van der Waals surface area contributed by atoms with Gasteiger partial charge in [0.25, 0.3) is 0 Å². The summed E-state index contributed by atoms with van der Waals surface area (Å²) in [5.74, 6) is 0.291. The third-order valence-electron chi connectivity index (χ3n) is 2.88. The van der Waals surface area contributed by atoms with Gasteiger partial charge < -0.3 is 25.6 Å². The van der Waals surface area contributed by atoms with Gasteiger partial charge in [0, 0.05) is 11.6 Å². The Kier molecular flexibility index (Phi) is 5.40. The van der Waals surface area contributed by atoms with Gasteiger partial charge in [-0.3, -0.25) is 0 Å². The molecule has 1 rings (SSSR count). The first-order valence-electron chi connectivity index (χ1n) is 5.91. The Hall–Kier alpha value is -1.30. The Labute approximate surface area is 108 Å². The van der Waals surface area contributed by atoms with Crippen molar-refractivity contribution in [2.75, 3.05) is 27.7 Å². The van der Waals surface area contributed by atoms with E-state index in [9.17, 15) is 10.2 Å². The van der Waals surface area contributed by atoms with Crippen LogP contribution in [0.1, 0.15) is 18.1 Å². The minimum absolute atomic E-state index is 0.0483. The number of phenols is 1. The van der Waals surface area contributed by atoms with Crippen molar-refractivity contribution in [3.05, 3.63) is 23.8 Å². The molecule has 0 heterocycles. The van der Waals surface area contributed by atoms with Crippen molar-refractivity contribution < 1.29 is 14.9 Å². The first-order chi connectivity index (χ1) is 8.47. The Morgan fingerprint density at radius 3 is 2.61 bits per heavy atom. The topological polar surface area (TPSA) is 79.0 Å². The van der Waals surface area contributed by atoms with Crippen LogP contribution in [0.2, 0.25) is 0 Å². The van der Waals surface area contributed by atoms with Crippen LogP contribution in [0.3, 0.4) is 0 Å². The number of hydrogen-bond donors (Lipinski definition) is 3. The van der Waals surface area contributed by atoms with Gasteiger partial charge in [-0.2, -0.15) is 0 Å². The Morgan fingerprint density at radius 2 is 2.06 bits per heavy atom. The summed E-state index contributed by atoms with van der Waals surface area (Å²) < 4.78 is 5.00. The number of aliphatic hydroxyl groups is 1. The number of methoxy groups -OCH3 is 1. The number of hydrogen-bond acceptors (Lipinski definition) is 5. The van der Waals surface area contributed by atoms with Crippen LogP contribution in [0.4, 0.5) is 0 Å². The van der Waals surface area contributed by atoms with E-state index in [1.54, 1.807) is 18.2 Å². The molecule has 0 spiro atoms.